The van der Waals surface area contributed by atoms with Gasteiger partial charge in [-0.3, -0.25) is 0 Å². The Balaban J connectivity index is 1.90. The topological polar surface area (TPSA) is 78.4 Å². The number of hydrogen-bond donors (Lipinski definition) is 3. The second kappa shape index (κ2) is 6.26. The van der Waals surface area contributed by atoms with E-state index in [1.54, 1.807) is 0 Å². The van der Waals surface area contributed by atoms with Crippen LogP contribution < -0.4 is 10.6 Å². The molecule has 0 bridgehead atoms. The van der Waals surface area contributed by atoms with Crippen molar-refractivity contribution < 1.29 is 14.7 Å². The van der Waals surface area contributed by atoms with Gasteiger partial charge in [-0.05, 0) is 43.4 Å². The Bertz CT molecular complexity index is 500. The first-order valence-electron chi connectivity index (χ1n) is 6.52. The first kappa shape index (κ1) is 14.8. The first-order chi connectivity index (χ1) is 9.47. The second-order valence-electron chi connectivity index (χ2n) is 5.04. The monoisotopic (exact) mass is 340 g/mol. The van der Waals surface area contributed by atoms with E-state index >= 15 is 0 Å². The maximum Gasteiger partial charge on any atom is 0.326 e. The number of rotatable bonds is 5. The van der Waals surface area contributed by atoms with Crippen LogP contribution in [0.4, 0.5) is 4.79 Å². The van der Waals surface area contributed by atoms with Crippen LogP contribution in [0.1, 0.15) is 31.4 Å². The molecule has 0 aromatic heterocycles. The summed E-state index contributed by atoms with van der Waals surface area (Å²) in [7, 11) is 0. The number of aliphatic carboxylic acids is 1. The number of urea groups is 1. The third-order valence-electron chi connectivity index (χ3n) is 3.36. The van der Waals surface area contributed by atoms with Crippen molar-refractivity contribution in [1.82, 2.24) is 10.6 Å². The molecule has 2 rings (SSSR count). The zero-order valence-corrected chi connectivity index (χ0v) is 12.7. The number of amides is 2. The number of carbonyl (C=O) groups excluding carboxylic acids is 1. The summed E-state index contributed by atoms with van der Waals surface area (Å²) in [6.45, 7) is 1.86. The van der Waals surface area contributed by atoms with Crippen molar-refractivity contribution in [2.24, 2.45) is 5.92 Å². The smallest absolute Gasteiger partial charge is 0.326 e. The summed E-state index contributed by atoms with van der Waals surface area (Å²) >= 11 is 3.35. The quantitative estimate of drug-likeness (QED) is 0.770. The molecule has 0 radical (unpaired) electrons. The molecule has 1 aromatic carbocycles. The van der Waals surface area contributed by atoms with Crippen LogP contribution in [0.5, 0.6) is 0 Å². The van der Waals surface area contributed by atoms with Crippen LogP contribution in [0.25, 0.3) is 0 Å². The van der Waals surface area contributed by atoms with Gasteiger partial charge in [-0.1, -0.05) is 28.1 Å². The van der Waals surface area contributed by atoms with Crippen molar-refractivity contribution in [2.45, 2.75) is 31.8 Å². The fraction of sp³-hybridized carbons (Fsp3) is 0.429. The van der Waals surface area contributed by atoms with E-state index in [1.165, 1.54) is 0 Å². The van der Waals surface area contributed by atoms with Gasteiger partial charge >= 0.3 is 12.0 Å². The Morgan fingerprint density at radius 1 is 1.25 bits per heavy atom. The van der Waals surface area contributed by atoms with Crippen molar-refractivity contribution in [3.63, 3.8) is 0 Å². The lowest BCUT2D eigenvalue weighted by Gasteiger charge is -2.18. The fourth-order valence-corrected chi connectivity index (χ4v) is 2.29. The lowest BCUT2D eigenvalue weighted by atomic mass is 10.1. The van der Waals surface area contributed by atoms with Crippen molar-refractivity contribution >= 4 is 27.9 Å². The van der Waals surface area contributed by atoms with E-state index in [0.29, 0.717) is 0 Å². The molecule has 6 heteroatoms. The zero-order chi connectivity index (χ0) is 14.7. The van der Waals surface area contributed by atoms with E-state index in [0.717, 1.165) is 22.9 Å². The van der Waals surface area contributed by atoms with Gasteiger partial charge in [0.2, 0.25) is 0 Å². The number of carboxylic acid groups (broad SMARTS) is 1. The molecule has 0 saturated heterocycles. The number of halogens is 1. The summed E-state index contributed by atoms with van der Waals surface area (Å²) in [5, 5.41) is 14.4. The minimum absolute atomic E-state index is 0.0706. The third kappa shape index (κ3) is 3.96. The van der Waals surface area contributed by atoms with Gasteiger partial charge in [0.15, 0.2) is 0 Å². The largest absolute Gasteiger partial charge is 0.480 e. The molecule has 1 fully saturated rings. The minimum Gasteiger partial charge on any atom is -0.480 e. The van der Waals surface area contributed by atoms with Gasteiger partial charge < -0.3 is 15.7 Å². The van der Waals surface area contributed by atoms with Crippen molar-refractivity contribution in [1.29, 1.82) is 0 Å². The molecule has 3 N–H and O–H groups in total. The summed E-state index contributed by atoms with van der Waals surface area (Å²) in [4.78, 5) is 22.9. The first-order valence-corrected chi connectivity index (χ1v) is 7.32. The van der Waals surface area contributed by atoms with Crippen molar-refractivity contribution in [3.8, 4) is 0 Å². The van der Waals surface area contributed by atoms with Crippen LogP contribution in [-0.2, 0) is 4.79 Å². The maximum absolute atomic E-state index is 11.8. The van der Waals surface area contributed by atoms with Crippen LogP contribution in [-0.4, -0.2) is 23.1 Å². The highest BCUT2D eigenvalue weighted by Gasteiger charge is 2.37. The Hall–Kier alpha value is -1.56. The summed E-state index contributed by atoms with van der Waals surface area (Å²) in [6.07, 6.45) is 1.72. The van der Waals surface area contributed by atoms with E-state index in [1.807, 2.05) is 31.2 Å². The molecule has 1 aromatic rings. The highest BCUT2D eigenvalue weighted by atomic mass is 79.9. The molecule has 0 spiro atoms. The molecule has 0 heterocycles. The van der Waals surface area contributed by atoms with Gasteiger partial charge in [0.1, 0.15) is 6.04 Å². The highest BCUT2D eigenvalue weighted by Crippen LogP contribution is 2.32. The molecule has 0 aliphatic heterocycles. The molecule has 5 nitrogen and oxygen atoms in total. The van der Waals surface area contributed by atoms with Gasteiger partial charge in [-0.2, -0.15) is 0 Å². The Morgan fingerprint density at radius 2 is 1.85 bits per heavy atom. The summed E-state index contributed by atoms with van der Waals surface area (Å²) in [5.74, 6) is -0.903. The lowest BCUT2D eigenvalue weighted by Crippen LogP contribution is -2.47. The molecular formula is C14H17BrN2O3. The molecule has 2 atom stereocenters. The fourth-order valence-electron chi connectivity index (χ4n) is 2.03. The van der Waals surface area contributed by atoms with E-state index in [-0.39, 0.29) is 12.0 Å². The molecular weight excluding hydrogens is 324 g/mol. The summed E-state index contributed by atoms with van der Waals surface area (Å²) < 4.78 is 0.970. The molecule has 1 saturated carbocycles. The Kier molecular flexibility index (Phi) is 4.65. The molecule has 20 heavy (non-hydrogen) atoms. The van der Waals surface area contributed by atoms with Gasteiger partial charge in [0.25, 0.3) is 0 Å². The number of benzene rings is 1. The van der Waals surface area contributed by atoms with Gasteiger partial charge in [0, 0.05) is 4.47 Å². The van der Waals surface area contributed by atoms with Crippen LogP contribution in [0.2, 0.25) is 0 Å². The van der Waals surface area contributed by atoms with Gasteiger partial charge in [-0.15, -0.1) is 0 Å². The van der Waals surface area contributed by atoms with Crippen molar-refractivity contribution in [2.75, 3.05) is 0 Å². The lowest BCUT2D eigenvalue weighted by molar-refractivity contribution is -0.139. The SMILES string of the molecule is CC(NC(=O)NC(C(=O)O)C1CC1)c1ccc(Br)cc1. The van der Waals surface area contributed by atoms with E-state index in [4.69, 9.17) is 5.11 Å². The standard InChI is InChI=1S/C14H17BrN2O3/c1-8(9-4-6-11(15)7-5-9)16-14(20)17-12(13(18)19)10-2-3-10/h4-8,10,12H,2-3H2,1H3,(H,18,19)(H2,16,17,20). The summed E-state index contributed by atoms with van der Waals surface area (Å²) in [6, 6.07) is 6.20. The predicted octanol–water partition coefficient (Wildman–Crippen LogP) is 2.67. The molecule has 108 valence electrons. The molecule has 2 amide bonds. The number of carboxylic acids is 1. The predicted molar refractivity (Wildman–Crippen MR) is 78.4 cm³/mol. The number of hydrogen-bond acceptors (Lipinski definition) is 2. The van der Waals surface area contributed by atoms with Crippen LogP contribution in [0.3, 0.4) is 0 Å². The van der Waals surface area contributed by atoms with Gasteiger partial charge in [-0.25, -0.2) is 9.59 Å². The Morgan fingerprint density at radius 3 is 2.35 bits per heavy atom. The number of carbonyl (C=O) groups is 2. The second-order valence-corrected chi connectivity index (χ2v) is 5.96. The van der Waals surface area contributed by atoms with Crippen LogP contribution in [0, 0.1) is 5.92 Å². The third-order valence-corrected chi connectivity index (χ3v) is 3.89. The van der Waals surface area contributed by atoms with E-state index in [9.17, 15) is 9.59 Å². The molecule has 2 unspecified atom stereocenters. The van der Waals surface area contributed by atoms with Crippen LogP contribution in [0.15, 0.2) is 28.7 Å². The van der Waals surface area contributed by atoms with Crippen molar-refractivity contribution in [3.05, 3.63) is 34.3 Å². The average Bonchev–Trinajstić information content (AvgIpc) is 3.20. The normalized spacial score (nSPS) is 17.1. The minimum atomic E-state index is -0.973. The summed E-state index contributed by atoms with van der Waals surface area (Å²) in [5.41, 5.74) is 0.960. The van der Waals surface area contributed by atoms with E-state index in [2.05, 4.69) is 26.6 Å². The molecule has 1 aliphatic carbocycles. The Labute approximate surface area is 125 Å². The van der Waals surface area contributed by atoms with Crippen LogP contribution >= 0.6 is 15.9 Å². The highest BCUT2D eigenvalue weighted by molar-refractivity contribution is 9.10. The maximum atomic E-state index is 11.8. The molecule has 1 aliphatic rings. The number of nitrogens with one attached hydrogen (secondary N) is 2. The average molecular weight is 341 g/mol. The van der Waals surface area contributed by atoms with E-state index < -0.39 is 18.0 Å². The zero-order valence-electron chi connectivity index (χ0n) is 11.1. The van der Waals surface area contributed by atoms with Gasteiger partial charge in [0.05, 0.1) is 6.04 Å².